The topological polar surface area (TPSA) is 17.1 Å². The van der Waals surface area contributed by atoms with E-state index in [1.54, 1.807) is 0 Å². The first-order chi connectivity index (χ1) is 7.92. The lowest BCUT2D eigenvalue weighted by Gasteiger charge is -2.30. The third-order valence-corrected chi connectivity index (χ3v) is 7.64. The van der Waals surface area contributed by atoms with Gasteiger partial charge in [0.15, 0.2) is 0 Å². The normalized spacial score (nSPS) is 29.3. The van der Waals surface area contributed by atoms with Crippen LogP contribution in [-0.4, -0.2) is 12.3 Å². The summed E-state index contributed by atoms with van der Waals surface area (Å²) in [7, 11) is -2.12. The summed E-state index contributed by atoms with van der Waals surface area (Å²) in [6.07, 6.45) is 4.21. The van der Waals surface area contributed by atoms with Gasteiger partial charge in [0.05, 0.1) is 0 Å². The van der Waals surface area contributed by atoms with E-state index in [1.165, 1.54) is 28.4 Å². The molecule has 0 amide bonds. The molecule has 1 aromatic carbocycles. The van der Waals surface area contributed by atoms with Crippen molar-refractivity contribution in [3.63, 3.8) is 0 Å². The average molecular weight is 250 g/mol. The van der Waals surface area contributed by atoms with E-state index < -0.39 is 7.14 Å². The van der Waals surface area contributed by atoms with Gasteiger partial charge in [-0.3, -0.25) is 0 Å². The predicted molar refractivity (Wildman–Crippen MR) is 76.0 cm³/mol. The van der Waals surface area contributed by atoms with Gasteiger partial charge in [0.2, 0.25) is 0 Å². The predicted octanol–water partition coefficient (Wildman–Crippen LogP) is 4.03. The maximum Gasteiger partial charge on any atom is 0.116 e. The SMILES string of the molecule is Cc1cc(C)c(P2(=O)CCCC(C)C2)c(C)c1. The molecule has 0 radical (unpaired) electrons. The van der Waals surface area contributed by atoms with Crippen LogP contribution in [0.2, 0.25) is 0 Å². The highest BCUT2D eigenvalue weighted by Crippen LogP contribution is 2.52. The molecule has 1 aliphatic rings. The molecule has 0 aliphatic carbocycles. The maximum atomic E-state index is 13.2. The third-order valence-electron chi connectivity index (χ3n) is 3.87. The molecule has 17 heavy (non-hydrogen) atoms. The fourth-order valence-electron chi connectivity index (χ4n) is 3.40. The summed E-state index contributed by atoms with van der Waals surface area (Å²) in [6, 6.07) is 4.36. The first kappa shape index (κ1) is 12.9. The lowest BCUT2D eigenvalue weighted by atomic mass is 10.1. The van der Waals surface area contributed by atoms with Crippen LogP contribution in [0.5, 0.6) is 0 Å². The molecule has 0 bridgehead atoms. The molecule has 1 saturated heterocycles. The summed E-state index contributed by atoms with van der Waals surface area (Å²) in [5, 5.41) is 1.19. The minimum atomic E-state index is -2.12. The van der Waals surface area contributed by atoms with E-state index in [1.807, 2.05) is 0 Å². The van der Waals surface area contributed by atoms with Gasteiger partial charge >= 0.3 is 0 Å². The number of hydrogen-bond donors (Lipinski definition) is 0. The van der Waals surface area contributed by atoms with Crippen LogP contribution in [0.15, 0.2) is 12.1 Å². The Bertz CT molecular complexity index is 453. The zero-order valence-electron chi connectivity index (χ0n) is 11.4. The molecule has 1 aliphatic heterocycles. The number of benzene rings is 1. The number of aryl methyl sites for hydroxylation is 3. The summed E-state index contributed by atoms with van der Waals surface area (Å²) in [5.41, 5.74) is 3.75. The van der Waals surface area contributed by atoms with Gasteiger partial charge in [0.25, 0.3) is 0 Å². The Hall–Kier alpha value is -0.550. The van der Waals surface area contributed by atoms with Gasteiger partial charge in [-0.15, -0.1) is 0 Å². The van der Waals surface area contributed by atoms with Crippen molar-refractivity contribution in [1.82, 2.24) is 0 Å². The zero-order chi connectivity index (χ0) is 12.6. The summed E-state index contributed by atoms with van der Waals surface area (Å²) in [6.45, 7) is 8.59. The molecule has 2 rings (SSSR count). The monoisotopic (exact) mass is 250 g/mol. The molecule has 2 heteroatoms. The quantitative estimate of drug-likeness (QED) is 0.688. The molecule has 0 aromatic heterocycles. The van der Waals surface area contributed by atoms with E-state index in [0.717, 1.165) is 18.7 Å². The summed E-state index contributed by atoms with van der Waals surface area (Å²) in [4.78, 5) is 0. The van der Waals surface area contributed by atoms with Crippen LogP contribution in [0.25, 0.3) is 0 Å². The number of hydrogen-bond acceptors (Lipinski definition) is 1. The van der Waals surface area contributed by atoms with Gasteiger partial charge < -0.3 is 4.57 Å². The van der Waals surface area contributed by atoms with Crippen LogP contribution in [-0.2, 0) is 4.57 Å². The largest absolute Gasteiger partial charge is 0.319 e. The summed E-state index contributed by atoms with van der Waals surface area (Å²) < 4.78 is 13.2. The van der Waals surface area contributed by atoms with Crippen molar-refractivity contribution in [2.45, 2.75) is 40.5 Å². The van der Waals surface area contributed by atoms with E-state index >= 15 is 0 Å². The molecule has 2 atom stereocenters. The molecule has 0 N–H and O–H groups in total. The molecular formula is C15H23OP. The van der Waals surface area contributed by atoms with E-state index in [2.05, 4.69) is 39.8 Å². The van der Waals surface area contributed by atoms with Crippen molar-refractivity contribution in [3.05, 3.63) is 28.8 Å². The van der Waals surface area contributed by atoms with Gasteiger partial charge in [-0.1, -0.05) is 24.6 Å². The van der Waals surface area contributed by atoms with E-state index in [4.69, 9.17) is 0 Å². The van der Waals surface area contributed by atoms with E-state index in [9.17, 15) is 4.57 Å². The average Bonchev–Trinajstić information content (AvgIpc) is 2.14. The minimum Gasteiger partial charge on any atom is -0.319 e. The zero-order valence-corrected chi connectivity index (χ0v) is 12.3. The highest BCUT2D eigenvalue weighted by molar-refractivity contribution is 7.71. The molecule has 1 aromatic rings. The van der Waals surface area contributed by atoms with Gasteiger partial charge in [-0.25, -0.2) is 0 Å². The molecule has 0 saturated carbocycles. The third kappa shape index (κ3) is 2.50. The minimum absolute atomic E-state index is 0.620. The van der Waals surface area contributed by atoms with Crippen molar-refractivity contribution in [2.75, 3.05) is 12.3 Å². The second-order valence-electron chi connectivity index (χ2n) is 5.79. The molecule has 0 spiro atoms. The Kier molecular flexibility index (Phi) is 3.50. The lowest BCUT2D eigenvalue weighted by Crippen LogP contribution is -2.23. The highest BCUT2D eigenvalue weighted by atomic mass is 31.2. The van der Waals surface area contributed by atoms with Gasteiger partial charge in [-0.2, -0.15) is 0 Å². The van der Waals surface area contributed by atoms with Gasteiger partial charge in [0.1, 0.15) is 7.14 Å². The van der Waals surface area contributed by atoms with E-state index in [0.29, 0.717) is 5.92 Å². The Morgan fingerprint density at radius 2 is 1.76 bits per heavy atom. The van der Waals surface area contributed by atoms with Crippen molar-refractivity contribution in [1.29, 1.82) is 0 Å². The van der Waals surface area contributed by atoms with E-state index in [-0.39, 0.29) is 0 Å². The second-order valence-corrected chi connectivity index (χ2v) is 8.83. The molecular weight excluding hydrogens is 227 g/mol. The first-order valence-corrected chi connectivity index (χ1v) is 8.66. The molecule has 1 fully saturated rings. The van der Waals surface area contributed by atoms with Crippen LogP contribution < -0.4 is 5.30 Å². The molecule has 1 nitrogen and oxygen atoms in total. The Labute approximate surface area is 105 Å². The van der Waals surface area contributed by atoms with Gasteiger partial charge in [0, 0.05) is 17.6 Å². The van der Waals surface area contributed by atoms with Crippen molar-refractivity contribution in [2.24, 2.45) is 5.92 Å². The first-order valence-electron chi connectivity index (χ1n) is 6.59. The standard InChI is InChI=1S/C15H23OP/c1-11-6-5-7-17(16,10-11)15-13(3)8-12(2)9-14(15)4/h8-9,11H,5-7,10H2,1-4H3. The summed E-state index contributed by atoms with van der Waals surface area (Å²) in [5.74, 6) is 0.620. The van der Waals surface area contributed by atoms with Gasteiger partial charge in [-0.05, 0) is 50.7 Å². The second kappa shape index (κ2) is 4.61. The summed E-state index contributed by atoms with van der Waals surface area (Å²) >= 11 is 0. The fraction of sp³-hybridized carbons (Fsp3) is 0.600. The van der Waals surface area contributed by atoms with Crippen molar-refractivity contribution in [3.8, 4) is 0 Å². The lowest BCUT2D eigenvalue weighted by molar-refractivity contribution is 0.518. The Morgan fingerprint density at radius 1 is 1.18 bits per heavy atom. The highest BCUT2D eigenvalue weighted by Gasteiger charge is 2.32. The maximum absolute atomic E-state index is 13.2. The van der Waals surface area contributed by atoms with Crippen LogP contribution >= 0.6 is 7.14 Å². The Balaban J connectivity index is 2.49. The van der Waals surface area contributed by atoms with Crippen LogP contribution in [0, 0.1) is 26.7 Å². The van der Waals surface area contributed by atoms with Crippen LogP contribution in [0.3, 0.4) is 0 Å². The molecule has 2 unspecified atom stereocenters. The van der Waals surface area contributed by atoms with Crippen molar-refractivity contribution < 1.29 is 4.57 Å². The Morgan fingerprint density at radius 3 is 2.29 bits per heavy atom. The van der Waals surface area contributed by atoms with Crippen LogP contribution in [0.4, 0.5) is 0 Å². The molecule has 1 heterocycles. The van der Waals surface area contributed by atoms with Crippen molar-refractivity contribution >= 4 is 12.4 Å². The molecule has 94 valence electrons. The fourth-order valence-corrected chi connectivity index (χ4v) is 7.29. The number of rotatable bonds is 1. The van der Waals surface area contributed by atoms with Crippen LogP contribution in [0.1, 0.15) is 36.5 Å². The smallest absolute Gasteiger partial charge is 0.116 e.